The Hall–Kier alpha value is -3.35. The summed E-state index contributed by atoms with van der Waals surface area (Å²) in [6, 6.07) is 10.3. The van der Waals surface area contributed by atoms with E-state index < -0.39 is 17.8 Å². The van der Waals surface area contributed by atoms with Crippen LogP contribution in [0.5, 0.6) is 5.75 Å². The maximum absolute atomic E-state index is 12.3. The number of rotatable bonds is 4. The van der Waals surface area contributed by atoms with Crippen LogP contribution in [-0.2, 0) is 4.79 Å². The lowest BCUT2D eigenvalue weighted by Gasteiger charge is -2.10. The zero-order chi connectivity index (χ0) is 17.0. The smallest absolute Gasteiger partial charge is 0.337 e. The maximum atomic E-state index is 12.3. The number of benzene rings is 2. The van der Waals surface area contributed by atoms with E-state index in [-0.39, 0.29) is 22.6 Å². The molecular weight excluding hydrogens is 300 g/mol. The lowest BCUT2D eigenvalue weighted by Crippen LogP contribution is -2.15. The van der Waals surface area contributed by atoms with Gasteiger partial charge in [-0.05, 0) is 30.3 Å². The van der Waals surface area contributed by atoms with Gasteiger partial charge in [-0.1, -0.05) is 12.1 Å². The third-order valence-electron chi connectivity index (χ3n) is 2.93. The van der Waals surface area contributed by atoms with Gasteiger partial charge in [-0.15, -0.1) is 0 Å². The Kier molecular flexibility index (Phi) is 4.61. The molecule has 1 amide bonds. The first-order valence-electron chi connectivity index (χ1n) is 6.60. The first kappa shape index (κ1) is 16.0. The van der Waals surface area contributed by atoms with Gasteiger partial charge in [-0.3, -0.25) is 9.59 Å². The molecular formula is C16H14N2O5. The van der Waals surface area contributed by atoms with Crippen LogP contribution in [0.4, 0.5) is 11.4 Å². The predicted molar refractivity (Wildman–Crippen MR) is 83.5 cm³/mol. The lowest BCUT2D eigenvalue weighted by molar-refractivity contribution is -0.131. The van der Waals surface area contributed by atoms with Gasteiger partial charge in [0, 0.05) is 18.3 Å². The molecule has 0 spiro atoms. The number of hydrogen-bond acceptors (Lipinski definition) is 5. The number of carbonyl (C=O) groups is 3. The molecule has 0 saturated heterocycles. The summed E-state index contributed by atoms with van der Waals surface area (Å²) in [6.45, 7) is 1.24. The molecule has 4 N–H and O–H groups in total. The van der Waals surface area contributed by atoms with E-state index in [9.17, 15) is 14.4 Å². The number of carboxylic acids is 1. The van der Waals surface area contributed by atoms with Crippen LogP contribution in [0.3, 0.4) is 0 Å². The molecule has 0 atom stereocenters. The van der Waals surface area contributed by atoms with Crippen LogP contribution >= 0.6 is 0 Å². The van der Waals surface area contributed by atoms with Gasteiger partial charge in [0.25, 0.3) is 5.91 Å². The number of aromatic carboxylic acids is 1. The highest BCUT2D eigenvalue weighted by molar-refractivity contribution is 6.07. The van der Waals surface area contributed by atoms with Crippen LogP contribution in [0.2, 0.25) is 0 Å². The van der Waals surface area contributed by atoms with E-state index in [2.05, 4.69) is 5.32 Å². The van der Waals surface area contributed by atoms with Gasteiger partial charge in [-0.25, -0.2) is 4.79 Å². The molecule has 2 rings (SSSR count). The van der Waals surface area contributed by atoms with Crippen LogP contribution in [0.1, 0.15) is 27.6 Å². The topological polar surface area (TPSA) is 119 Å². The summed E-state index contributed by atoms with van der Waals surface area (Å²) >= 11 is 0. The zero-order valence-electron chi connectivity index (χ0n) is 12.2. The van der Waals surface area contributed by atoms with Gasteiger partial charge >= 0.3 is 11.9 Å². The van der Waals surface area contributed by atoms with E-state index in [1.54, 1.807) is 12.1 Å². The van der Waals surface area contributed by atoms with Crippen LogP contribution in [0.25, 0.3) is 0 Å². The molecule has 0 heterocycles. The number of carboxylic acid groups (broad SMARTS) is 1. The maximum Gasteiger partial charge on any atom is 0.337 e. The van der Waals surface area contributed by atoms with Crippen LogP contribution < -0.4 is 15.8 Å². The normalized spacial score (nSPS) is 9.96. The Balaban J connectivity index is 2.24. The van der Waals surface area contributed by atoms with Gasteiger partial charge in [0.2, 0.25) is 0 Å². The SMILES string of the molecule is CC(=O)Oc1ccccc1C(=O)Nc1ccc(C(=O)O)c(N)c1. The quantitative estimate of drug-likeness (QED) is 0.452. The van der Waals surface area contributed by atoms with E-state index in [0.29, 0.717) is 5.69 Å². The minimum atomic E-state index is -1.15. The first-order valence-corrected chi connectivity index (χ1v) is 6.60. The molecule has 2 aromatic rings. The van der Waals surface area contributed by atoms with Crippen molar-refractivity contribution < 1.29 is 24.2 Å². The van der Waals surface area contributed by atoms with Crippen molar-refractivity contribution in [3.63, 3.8) is 0 Å². The summed E-state index contributed by atoms with van der Waals surface area (Å²) in [5, 5.41) is 11.5. The van der Waals surface area contributed by atoms with Crippen molar-refractivity contribution in [2.24, 2.45) is 0 Å². The molecule has 0 aliphatic carbocycles. The van der Waals surface area contributed by atoms with Gasteiger partial charge in [-0.2, -0.15) is 0 Å². The second-order valence-corrected chi connectivity index (χ2v) is 4.65. The fourth-order valence-corrected chi connectivity index (χ4v) is 1.93. The molecule has 0 aliphatic heterocycles. The third-order valence-corrected chi connectivity index (χ3v) is 2.93. The second-order valence-electron chi connectivity index (χ2n) is 4.65. The number of para-hydroxylation sites is 1. The largest absolute Gasteiger partial charge is 0.478 e. The average Bonchev–Trinajstić information content (AvgIpc) is 2.46. The van der Waals surface area contributed by atoms with Crippen molar-refractivity contribution in [2.45, 2.75) is 6.92 Å². The molecule has 0 aromatic heterocycles. The van der Waals surface area contributed by atoms with Gasteiger partial charge < -0.3 is 20.9 Å². The molecule has 0 saturated carbocycles. The highest BCUT2D eigenvalue weighted by atomic mass is 16.5. The predicted octanol–water partition coefficient (Wildman–Crippen LogP) is 2.14. The minimum absolute atomic E-state index is 0.0311. The van der Waals surface area contributed by atoms with Crippen molar-refractivity contribution >= 4 is 29.2 Å². The van der Waals surface area contributed by atoms with E-state index in [1.165, 1.54) is 37.3 Å². The molecule has 0 aliphatic rings. The number of esters is 1. The Morgan fingerprint density at radius 2 is 1.78 bits per heavy atom. The summed E-state index contributed by atoms with van der Waals surface area (Å²) in [7, 11) is 0. The standard InChI is InChI=1S/C16H14N2O5/c1-9(19)23-14-5-3-2-4-12(14)15(20)18-10-6-7-11(16(21)22)13(17)8-10/h2-8H,17H2,1H3,(H,18,20)(H,21,22). The number of nitrogen functional groups attached to an aromatic ring is 1. The number of carbonyl (C=O) groups excluding carboxylic acids is 2. The summed E-state index contributed by atoms with van der Waals surface area (Å²) in [6.07, 6.45) is 0. The van der Waals surface area contributed by atoms with E-state index in [1.807, 2.05) is 0 Å². The number of amides is 1. The molecule has 0 unspecified atom stereocenters. The summed E-state index contributed by atoms with van der Waals surface area (Å²) in [5.41, 5.74) is 6.11. The molecule has 7 heteroatoms. The summed E-state index contributed by atoms with van der Waals surface area (Å²) in [4.78, 5) is 34.3. The van der Waals surface area contributed by atoms with Crippen molar-refractivity contribution in [3.8, 4) is 5.75 Å². The Morgan fingerprint density at radius 1 is 1.09 bits per heavy atom. The molecule has 7 nitrogen and oxygen atoms in total. The lowest BCUT2D eigenvalue weighted by atomic mass is 10.1. The zero-order valence-corrected chi connectivity index (χ0v) is 12.2. The van der Waals surface area contributed by atoms with Crippen molar-refractivity contribution in [2.75, 3.05) is 11.1 Å². The number of nitrogens with two attached hydrogens (primary N) is 1. The molecule has 0 fully saturated rings. The first-order chi connectivity index (χ1) is 10.9. The monoisotopic (exact) mass is 314 g/mol. The average molecular weight is 314 g/mol. The van der Waals surface area contributed by atoms with Crippen LogP contribution in [0, 0.1) is 0 Å². The fourth-order valence-electron chi connectivity index (χ4n) is 1.93. The van der Waals surface area contributed by atoms with Crippen molar-refractivity contribution in [1.82, 2.24) is 0 Å². The van der Waals surface area contributed by atoms with E-state index >= 15 is 0 Å². The van der Waals surface area contributed by atoms with Crippen LogP contribution in [-0.4, -0.2) is 23.0 Å². The highest BCUT2D eigenvalue weighted by Crippen LogP contribution is 2.22. The van der Waals surface area contributed by atoms with Gasteiger partial charge in [0.05, 0.1) is 11.1 Å². The number of ether oxygens (including phenoxy) is 1. The minimum Gasteiger partial charge on any atom is -0.478 e. The summed E-state index contributed by atoms with van der Waals surface area (Å²) in [5.74, 6) is -2.07. The molecule has 23 heavy (non-hydrogen) atoms. The molecule has 2 aromatic carbocycles. The summed E-state index contributed by atoms with van der Waals surface area (Å²) < 4.78 is 4.98. The highest BCUT2D eigenvalue weighted by Gasteiger charge is 2.15. The molecule has 0 radical (unpaired) electrons. The number of anilines is 2. The Morgan fingerprint density at radius 3 is 2.39 bits per heavy atom. The van der Waals surface area contributed by atoms with E-state index in [0.717, 1.165) is 0 Å². The van der Waals surface area contributed by atoms with Crippen molar-refractivity contribution in [1.29, 1.82) is 0 Å². The van der Waals surface area contributed by atoms with E-state index in [4.69, 9.17) is 15.6 Å². The Bertz CT molecular complexity index is 786. The molecule has 118 valence electrons. The number of hydrogen-bond donors (Lipinski definition) is 3. The third kappa shape index (κ3) is 3.85. The van der Waals surface area contributed by atoms with Crippen LogP contribution in [0.15, 0.2) is 42.5 Å². The second kappa shape index (κ2) is 6.61. The van der Waals surface area contributed by atoms with Gasteiger partial charge in [0.1, 0.15) is 5.75 Å². The fraction of sp³-hybridized carbons (Fsp3) is 0.0625. The van der Waals surface area contributed by atoms with Gasteiger partial charge in [0.15, 0.2) is 0 Å². The van der Waals surface area contributed by atoms with Crippen molar-refractivity contribution in [3.05, 3.63) is 53.6 Å². The molecule has 0 bridgehead atoms. The Labute approximate surface area is 131 Å². The number of nitrogens with one attached hydrogen (secondary N) is 1.